The molecule has 1 unspecified atom stereocenters. The summed E-state index contributed by atoms with van der Waals surface area (Å²) < 4.78 is 0.923. The maximum Gasteiger partial charge on any atom is 0.255 e. The van der Waals surface area contributed by atoms with Gasteiger partial charge in [-0.05, 0) is 34.0 Å². The van der Waals surface area contributed by atoms with E-state index in [-0.39, 0.29) is 5.91 Å². The maximum atomic E-state index is 12.3. The van der Waals surface area contributed by atoms with Crippen LogP contribution in [0.3, 0.4) is 0 Å². The molecule has 2 aliphatic rings. The topological polar surface area (TPSA) is 32.3 Å². The number of halogens is 1. The van der Waals surface area contributed by atoms with E-state index in [0.717, 1.165) is 36.1 Å². The number of carbonyl (C=O) groups is 1. The molecular weight excluding hydrogens is 268 g/mol. The smallest absolute Gasteiger partial charge is 0.255 e. The molecule has 4 heteroatoms. The van der Waals surface area contributed by atoms with Gasteiger partial charge in [0, 0.05) is 30.1 Å². The first-order valence-electron chi connectivity index (χ1n) is 5.56. The van der Waals surface area contributed by atoms with Crippen LogP contribution < -0.4 is 5.32 Å². The molecule has 0 aliphatic carbocycles. The molecule has 0 radical (unpaired) electrons. The molecule has 1 N–H and O–H groups in total. The summed E-state index contributed by atoms with van der Waals surface area (Å²) in [7, 11) is 0. The molecule has 0 saturated carbocycles. The Morgan fingerprint density at radius 2 is 2.31 bits per heavy atom. The van der Waals surface area contributed by atoms with Crippen molar-refractivity contribution in [2.75, 3.05) is 19.6 Å². The van der Waals surface area contributed by atoms with Crippen LogP contribution in [0.15, 0.2) is 22.7 Å². The molecule has 16 heavy (non-hydrogen) atoms. The van der Waals surface area contributed by atoms with Gasteiger partial charge in [0.25, 0.3) is 5.91 Å². The fourth-order valence-corrected chi connectivity index (χ4v) is 3.16. The van der Waals surface area contributed by atoms with E-state index in [4.69, 9.17) is 0 Å². The van der Waals surface area contributed by atoms with Crippen LogP contribution in [-0.4, -0.2) is 36.5 Å². The number of nitrogens with one attached hydrogen (secondary N) is 1. The molecule has 2 heterocycles. The highest BCUT2D eigenvalue weighted by atomic mass is 79.9. The Labute approximate surface area is 103 Å². The Hall–Kier alpha value is -0.870. The summed E-state index contributed by atoms with van der Waals surface area (Å²) in [6, 6.07) is 6.34. The first kappa shape index (κ1) is 10.3. The summed E-state index contributed by atoms with van der Waals surface area (Å²) in [6.45, 7) is 2.64. The van der Waals surface area contributed by atoms with Gasteiger partial charge >= 0.3 is 0 Å². The van der Waals surface area contributed by atoms with Crippen molar-refractivity contribution < 1.29 is 4.79 Å². The Bertz CT molecular complexity index is 447. The van der Waals surface area contributed by atoms with Crippen LogP contribution in [0.5, 0.6) is 0 Å². The third-order valence-electron chi connectivity index (χ3n) is 3.38. The second-order valence-electron chi connectivity index (χ2n) is 4.33. The highest BCUT2D eigenvalue weighted by Crippen LogP contribution is 2.29. The quantitative estimate of drug-likeness (QED) is 0.780. The molecule has 3 nitrogen and oxygen atoms in total. The number of nitrogens with zero attached hydrogens (tertiary/aromatic N) is 1. The van der Waals surface area contributed by atoms with Gasteiger partial charge in [0.05, 0.1) is 5.56 Å². The van der Waals surface area contributed by atoms with Crippen LogP contribution in [0, 0.1) is 0 Å². The summed E-state index contributed by atoms with van der Waals surface area (Å²) in [5, 5.41) is 3.34. The average molecular weight is 281 g/mol. The molecule has 1 aromatic carbocycles. The Morgan fingerprint density at radius 1 is 1.44 bits per heavy atom. The van der Waals surface area contributed by atoms with E-state index >= 15 is 0 Å². The van der Waals surface area contributed by atoms with Crippen LogP contribution in [0.1, 0.15) is 15.9 Å². The van der Waals surface area contributed by atoms with Crippen molar-refractivity contribution in [2.45, 2.75) is 12.5 Å². The third kappa shape index (κ3) is 1.48. The van der Waals surface area contributed by atoms with E-state index in [2.05, 4.69) is 27.3 Å². The number of hydrogen-bond donors (Lipinski definition) is 1. The molecule has 0 aromatic heterocycles. The van der Waals surface area contributed by atoms with E-state index in [1.54, 1.807) is 0 Å². The van der Waals surface area contributed by atoms with E-state index in [9.17, 15) is 4.79 Å². The zero-order valence-electron chi connectivity index (χ0n) is 8.87. The molecule has 0 spiro atoms. The van der Waals surface area contributed by atoms with Gasteiger partial charge in [-0.1, -0.05) is 12.1 Å². The van der Waals surface area contributed by atoms with E-state index < -0.39 is 0 Å². The molecule has 2 aliphatic heterocycles. The number of amides is 1. The number of fused-ring (bicyclic) bond motifs is 2. The van der Waals surface area contributed by atoms with Crippen molar-refractivity contribution in [1.82, 2.24) is 10.2 Å². The summed E-state index contributed by atoms with van der Waals surface area (Å²) in [4.78, 5) is 14.3. The van der Waals surface area contributed by atoms with Gasteiger partial charge in [-0.25, -0.2) is 0 Å². The first-order chi connectivity index (χ1) is 7.77. The van der Waals surface area contributed by atoms with E-state index in [1.807, 2.05) is 17.0 Å². The molecule has 1 aromatic rings. The van der Waals surface area contributed by atoms with Gasteiger partial charge in [0.2, 0.25) is 0 Å². The number of rotatable bonds is 0. The maximum absolute atomic E-state index is 12.3. The standard InChI is InChI=1S/C12H13BrN2O/c13-10-3-1-2-8-6-9-7-14-4-5-15(9)12(16)11(8)10/h1-3,9,14H,4-7H2. The normalized spacial score (nSPS) is 23.9. The zero-order chi connectivity index (χ0) is 11.1. The van der Waals surface area contributed by atoms with Crippen LogP contribution in [0.25, 0.3) is 0 Å². The molecule has 1 fully saturated rings. The van der Waals surface area contributed by atoms with Gasteiger partial charge < -0.3 is 10.2 Å². The minimum Gasteiger partial charge on any atom is -0.333 e. The van der Waals surface area contributed by atoms with Gasteiger partial charge in [0.15, 0.2) is 0 Å². The largest absolute Gasteiger partial charge is 0.333 e. The van der Waals surface area contributed by atoms with Crippen molar-refractivity contribution in [3.05, 3.63) is 33.8 Å². The minimum absolute atomic E-state index is 0.181. The predicted octanol–water partition coefficient (Wildman–Crippen LogP) is 1.42. The lowest BCUT2D eigenvalue weighted by molar-refractivity contribution is 0.0605. The average Bonchev–Trinajstić information content (AvgIpc) is 2.29. The molecule has 0 bridgehead atoms. The number of carbonyl (C=O) groups excluding carboxylic acids is 1. The molecule has 84 valence electrons. The van der Waals surface area contributed by atoms with Gasteiger partial charge in [-0.3, -0.25) is 4.79 Å². The van der Waals surface area contributed by atoms with Crippen LogP contribution in [-0.2, 0) is 6.42 Å². The fourth-order valence-electron chi connectivity index (χ4n) is 2.59. The van der Waals surface area contributed by atoms with Crippen molar-refractivity contribution in [3.8, 4) is 0 Å². The van der Waals surface area contributed by atoms with Gasteiger partial charge in [0.1, 0.15) is 0 Å². The van der Waals surface area contributed by atoms with Crippen molar-refractivity contribution in [3.63, 3.8) is 0 Å². The van der Waals surface area contributed by atoms with Crippen LogP contribution in [0.2, 0.25) is 0 Å². The second-order valence-corrected chi connectivity index (χ2v) is 5.19. The Kier molecular flexibility index (Phi) is 2.48. The number of benzene rings is 1. The molecule has 1 saturated heterocycles. The van der Waals surface area contributed by atoms with Crippen molar-refractivity contribution in [1.29, 1.82) is 0 Å². The van der Waals surface area contributed by atoms with E-state index in [0.29, 0.717) is 6.04 Å². The lowest BCUT2D eigenvalue weighted by Gasteiger charge is -2.40. The van der Waals surface area contributed by atoms with E-state index in [1.165, 1.54) is 5.56 Å². The van der Waals surface area contributed by atoms with Gasteiger partial charge in [-0.15, -0.1) is 0 Å². The van der Waals surface area contributed by atoms with Crippen molar-refractivity contribution in [2.24, 2.45) is 0 Å². The number of hydrogen-bond acceptors (Lipinski definition) is 2. The minimum atomic E-state index is 0.181. The summed E-state index contributed by atoms with van der Waals surface area (Å²) in [5.74, 6) is 0.181. The molecule has 1 amide bonds. The third-order valence-corrected chi connectivity index (χ3v) is 4.04. The second kappa shape index (κ2) is 3.86. The monoisotopic (exact) mass is 280 g/mol. The Balaban J connectivity index is 2.07. The highest BCUT2D eigenvalue weighted by Gasteiger charge is 2.34. The zero-order valence-corrected chi connectivity index (χ0v) is 10.5. The van der Waals surface area contributed by atoms with Crippen molar-refractivity contribution >= 4 is 21.8 Å². The van der Waals surface area contributed by atoms with Crippen LogP contribution >= 0.6 is 15.9 Å². The fraction of sp³-hybridized carbons (Fsp3) is 0.417. The predicted molar refractivity (Wildman–Crippen MR) is 65.5 cm³/mol. The van der Waals surface area contributed by atoms with Gasteiger partial charge in [-0.2, -0.15) is 0 Å². The summed E-state index contributed by atoms with van der Waals surface area (Å²) >= 11 is 3.48. The highest BCUT2D eigenvalue weighted by molar-refractivity contribution is 9.10. The molecule has 3 rings (SSSR count). The lowest BCUT2D eigenvalue weighted by atomic mass is 9.92. The molecule has 1 atom stereocenters. The molecular formula is C12H13BrN2O. The number of piperazine rings is 1. The van der Waals surface area contributed by atoms with Crippen LogP contribution in [0.4, 0.5) is 0 Å². The SMILES string of the molecule is O=C1c2c(Br)cccc2CC2CNCCN12. The lowest BCUT2D eigenvalue weighted by Crippen LogP contribution is -2.56. The first-order valence-corrected chi connectivity index (χ1v) is 6.36. The summed E-state index contributed by atoms with van der Waals surface area (Å²) in [6.07, 6.45) is 0.966. The summed E-state index contributed by atoms with van der Waals surface area (Å²) in [5.41, 5.74) is 2.03. The Morgan fingerprint density at radius 3 is 3.19 bits per heavy atom.